The molecule has 2 aromatic carbocycles. The summed E-state index contributed by atoms with van der Waals surface area (Å²) in [6.45, 7) is 1.44. The van der Waals surface area contributed by atoms with Crippen LogP contribution in [0.25, 0.3) is 0 Å². The Labute approximate surface area is 147 Å². The highest BCUT2D eigenvalue weighted by atomic mass is 79.9. The van der Waals surface area contributed by atoms with Crippen molar-refractivity contribution in [2.45, 2.75) is 13.3 Å². The van der Waals surface area contributed by atoms with Crippen molar-refractivity contribution in [3.8, 4) is 11.5 Å². The van der Waals surface area contributed by atoms with Crippen LogP contribution in [0.2, 0.25) is 0 Å². The molecule has 0 spiro atoms. The van der Waals surface area contributed by atoms with Crippen molar-refractivity contribution in [2.24, 2.45) is 0 Å². The molecule has 2 aromatic rings. The second kappa shape index (κ2) is 7.57. The van der Waals surface area contributed by atoms with Crippen molar-refractivity contribution >= 4 is 27.5 Å². The largest absolute Gasteiger partial charge is 0.493 e. The molecule has 0 aliphatic carbocycles. The molecule has 0 heterocycles. The SMILES string of the molecule is COc1cc(CC(C)=O)c(C(=O)c2ccc(F)c(Br)c2)cc1OC. The van der Waals surface area contributed by atoms with Gasteiger partial charge in [0.2, 0.25) is 0 Å². The highest BCUT2D eigenvalue weighted by molar-refractivity contribution is 9.10. The standard InChI is InChI=1S/C18H16BrFO4/c1-10(21)6-12-8-16(23-2)17(24-3)9-13(12)18(22)11-4-5-15(20)14(19)7-11/h4-5,7-9H,6H2,1-3H3. The number of benzene rings is 2. The number of hydrogen-bond donors (Lipinski definition) is 0. The number of ether oxygens (including phenoxy) is 2. The molecule has 6 heteroatoms. The second-order valence-corrected chi connectivity index (χ2v) is 6.06. The molecule has 0 N–H and O–H groups in total. The third-order valence-corrected chi connectivity index (χ3v) is 4.08. The zero-order chi connectivity index (χ0) is 17.9. The average molecular weight is 395 g/mol. The summed E-state index contributed by atoms with van der Waals surface area (Å²) in [5.41, 5.74) is 1.16. The summed E-state index contributed by atoms with van der Waals surface area (Å²) >= 11 is 3.07. The van der Waals surface area contributed by atoms with E-state index in [9.17, 15) is 14.0 Å². The van der Waals surface area contributed by atoms with Crippen molar-refractivity contribution in [1.29, 1.82) is 0 Å². The molecule has 0 atom stereocenters. The smallest absolute Gasteiger partial charge is 0.193 e. The van der Waals surface area contributed by atoms with Gasteiger partial charge in [0, 0.05) is 17.5 Å². The van der Waals surface area contributed by atoms with Crippen molar-refractivity contribution in [2.75, 3.05) is 14.2 Å². The van der Waals surface area contributed by atoms with Gasteiger partial charge in [0.25, 0.3) is 0 Å². The van der Waals surface area contributed by atoms with Gasteiger partial charge in [-0.05, 0) is 58.7 Å². The molecule has 0 amide bonds. The lowest BCUT2D eigenvalue weighted by Crippen LogP contribution is -2.10. The lowest BCUT2D eigenvalue weighted by atomic mass is 9.95. The zero-order valence-electron chi connectivity index (χ0n) is 13.5. The molecule has 0 saturated heterocycles. The molecule has 24 heavy (non-hydrogen) atoms. The Morgan fingerprint density at radius 2 is 1.71 bits per heavy atom. The van der Waals surface area contributed by atoms with Gasteiger partial charge in [0.05, 0.1) is 18.7 Å². The van der Waals surface area contributed by atoms with Crippen LogP contribution in [-0.4, -0.2) is 25.8 Å². The van der Waals surface area contributed by atoms with E-state index in [-0.39, 0.29) is 22.5 Å². The van der Waals surface area contributed by atoms with E-state index in [2.05, 4.69) is 15.9 Å². The van der Waals surface area contributed by atoms with Crippen LogP contribution in [-0.2, 0) is 11.2 Å². The maximum absolute atomic E-state index is 13.4. The molecule has 0 aliphatic heterocycles. The topological polar surface area (TPSA) is 52.6 Å². The number of halogens is 2. The monoisotopic (exact) mass is 394 g/mol. The van der Waals surface area contributed by atoms with Crippen molar-refractivity contribution in [3.63, 3.8) is 0 Å². The van der Waals surface area contributed by atoms with Crippen LogP contribution in [0.4, 0.5) is 4.39 Å². The number of hydrogen-bond acceptors (Lipinski definition) is 4. The normalized spacial score (nSPS) is 10.4. The maximum atomic E-state index is 13.4. The predicted octanol–water partition coefficient (Wildman–Crippen LogP) is 3.97. The van der Waals surface area contributed by atoms with Crippen LogP contribution in [0.3, 0.4) is 0 Å². The second-order valence-electron chi connectivity index (χ2n) is 5.20. The molecular formula is C18H16BrFO4. The average Bonchev–Trinajstić information content (AvgIpc) is 2.55. The zero-order valence-corrected chi connectivity index (χ0v) is 15.1. The number of methoxy groups -OCH3 is 2. The van der Waals surface area contributed by atoms with Gasteiger partial charge in [0.1, 0.15) is 11.6 Å². The predicted molar refractivity (Wildman–Crippen MR) is 91.5 cm³/mol. The number of carbonyl (C=O) groups excluding carboxylic acids is 2. The van der Waals surface area contributed by atoms with E-state index < -0.39 is 5.82 Å². The van der Waals surface area contributed by atoms with Gasteiger partial charge in [-0.2, -0.15) is 0 Å². The third kappa shape index (κ3) is 3.82. The first kappa shape index (κ1) is 18.1. The van der Waals surface area contributed by atoms with Gasteiger partial charge in [-0.1, -0.05) is 0 Å². The molecule has 0 bridgehead atoms. The molecule has 0 fully saturated rings. The summed E-state index contributed by atoms with van der Waals surface area (Å²) in [6, 6.07) is 7.17. The fourth-order valence-electron chi connectivity index (χ4n) is 2.34. The van der Waals surface area contributed by atoms with Gasteiger partial charge in [-0.3, -0.25) is 9.59 Å². The van der Waals surface area contributed by atoms with Crippen LogP contribution in [0, 0.1) is 5.82 Å². The van der Waals surface area contributed by atoms with Crippen LogP contribution in [0.5, 0.6) is 11.5 Å². The molecular weight excluding hydrogens is 379 g/mol. The molecule has 0 radical (unpaired) electrons. The highest BCUT2D eigenvalue weighted by Crippen LogP contribution is 2.32. The van der Waals surface area contributed by atoms with Gasteiger partial charge in [-0.15, -0.1) is 0 Å². The van der Waals surface area contributed by atoms with E-state index >= 15 is 0 Å². The molecule has 4 nitrogen and oxygen atoms in total. The molecule has 2 rings (SSSR count). The minimum atomic E-state index is -0.456. The first-order valence-corrected chi connectivity index (χ1v) is 7.90. The first-order valence-electron chi connectivity index (χ1n) is 7.11. The molecule has 0 unspecified atom stereocenters. The number of carbonyl (C=O) groups is 2. The van der Waals surface area contributed by atoms with Gasteiger partial charge < -0.3 is 9.47 Å². The molecule has 0 saturated carbocycles. The van der Waals surface area contributed by atoms with Crippen LogP contribution >= 0.6 is 15.9 Å². The maximum Gasteiger partial charge on any atom is 0.193 e. The Hall–Kier alpha value is -2.21. The Balaban J connectivity index is 2.58. The molecule has 126 valence electrons. The highest BCUT2D eigenvalue weighted by Gasteiger charge is 2.20. The summed E-state index contributed by atoms with van der Waals surface area (Å²) in [5, 5.41) is 0. The van der Waals surface area contributed by atoms with E-state index in [1.165, 1.54) is 45.4 Å². The molecule has 0 aliphatic rings. The van der Waals surface area contributed by atoms with E-state index in [0.29, 0.717) is 28.2 Å². The lowest BCUT2D eigenvalue weighted by Gasteiger charge is -2.14. The van der Waals surface area contributed by atoms with Gasteiger partial charge in [-0.25, -0.2) is 4.39 Å². The van der Waals surface area contributed by atoms with E-state index in [1.54, 1.807) is 6.07 Å². The van der Waals surface area contributed by atoms with Gasteiger partial charge in [0.15, 0.2) is 17.3 Å². The van der Waals surface area contributed by atoms with Crippen molar-refractivity contribution in [3.05, 3.63) is 57.3 Å². The van der Waals surface area contributed by atoms with E-state index in [4.69, 9.17) is 9.47 Å². The Bertz CT molecular complexity index is 802. The fraction of sp³-hybridized carbons (Fsp3) is 0.222. The van der Waals surface area contributed by atoms with Crippen LogP contribution in [0.15, 0.2) is 34.8 Å². The van der Waals surface area contributed by atoms with E-state index in [1.807, 2.05) is 0 Å². The third-order valence-electron chi connectivity index (χ3n) is 3.48. The summed E-state index contributed by atoms with van der Waals surface area (Å²) in [4.78, 5) is 24.4. The summed E-state index contributed by atoms with van der Waals surface area (Å²) in [5.74, 6) is -0.0489. The van der Waals surface area contributed by atoms with Crippen LogP contribution in [0.1, 0.15) is 28.4 Å². The first-order chi connectivity index (χ1) is 11.4. The number of ketones is 2. The van der Waals surface area contributed by atoms with Crippen LogP contribution < -0.4 is 9.47 Å². The summed E-state index contributed by atoms with van der Waals surface area (Å²) in [7, 11) is 2.94. The lowest BCUT2D eigenvalue weighted by molar-refractivity contribution is -0.116. The molecule has 0 aromatic heterocycles. The Morgan fingerprint density at radius 1 is 1.08 bits per heavy atom. The minimum Gasteiger partial charge on any atom is -0.493 e. The summed E-state index contributed by atoms with van der Waals surface area (Å²) < 4.78 is 24.1. The Kier molecular flexibility index (Phi) is 5.72. The Morgan fingerprint density at radius 3 is 2.25 bits per heavy atom. The minimum absolute atomic E-state index is 0.0865. The number of rotatable bonds is 6. The van der Waals surface area contributed by atoms with Crippen molar-refractivity contribution in [1.82, 2.24) is 0 Å². The van der Waals surface area contributed by atoms with E-state index in [0.717, 1.165) is 0 Å². The van der Waals surface area contributed by atoms with Crippen molar-refractivity contribution < 1.29 is 23.5 Å². The fourth-order valence-corrected chi connectivity index (χ4v) is 2.72. The number of Topliss-reactive ketones (excluding diaryl/α,β-unsaturated/α-hetero) is 1. The summed E-state index contributed by atoms with van der Waals surface area (Å²) in [6.07, 6.45) is 0.0871. The van der Waals surface area contributed by atoms with Gasteiger partial charge >= 0.3 is 0 Å². The quantitative estimate of drug-likeness (QED) is 0.695.